The van der Waals surface area contributed by atoms with Gasteiger partial charge in [-0.05, 0) is 25.5 Å². The molecule has 1 aromatic carbocycles. The zero-order chi connectivity index (χ0) is 13.5. The summed E-state index contributed by atoms with van der Waals surface area (Å²) >= 11 is 0. The molecule has 0 radical (unpaired) electrons. The van der Waals surface area contributed by atoms with Crippen molar-refractivity contribution in [3.63, 3.8) is 0 Å². The third kappa shape index (κ3) is 4.68. The van der Waals surface area contributed by atoms with Crippen LogP contribution < -0.4 is 5.73 Å². The lowest BCUT2D eigenvalue weighted by Gasteiger charge is -2.08. The average Bonchev–Trinajstić information content (AvgIpc) is 2.30. The molecule has 0 unspecified atom stereocenters. The molecule has 0 saturated carbocycles. The van der Waals surface area contributed by atoms with Crippen molar-refractivity contribution in [2.24, 2.45) is 0 Å². The Bertz CT molecular complexity index is 407. The lowest BCUT2D eigenvalue weighted by Crippen LogP contribution is -2.09. The maximum Gasteiger partial charge on any atom is 0.292 e. The number of hydrogen-bond donors (Lipinski definition) is 1. The third-order valence-corrected chi connectivity index (χ3v) is 2.24. The quantitative estimate of drug-likeness (QED) is 0.348. The van der Waals surface area contributed by atoms with E-state index in [1.54, 1.807) is 6.07 Å². The number of nitrogen functional groups attached to an aromatic ring is 1. The molecule has 0 aliphatic rings. The van der Waals surface area contributed by atoms with Gasteiger partial charge in [-0.3, -0.25) is 10.1 Å². The molecule has 0 atom stereocenters. The van der Waals surface area contributed by atoms with Crippen molar-refractivity contribution in [2.45, 2.75) is 26.6 Å². The third-order valence-electron chi connectivity index (χ3n) is 2.24. The standard InChI is InChI=1S/C12H18N2O4/c1-9(2)18-6-5-17-8-10-3-4-11(13)12(7-10)14(15)16/h3-4,7,9H,5-6,8,13H2,1-2H3. The highest BCUT2D eigenvalue weighted by Gasteiger charge is 2.11. The summed E-state index contributed by atoms with van der Waals surface area (Å²) in [5.41, 5.74) is 6.29. The molecule has 1 rings (SSSR count). The smallest absolute Gasteiger partial charge is 0.292 e. The SMILES string of the molecule is CC(C)OCCOCc1ccc(N)c([N+](=O)[O-])c1. The van der Waals surface area contributed by atoms with E-state index in [1.165, 1.54) is 12.1 Å². The van der Waals surface area contributed by atoms with E-state index in [9.17, 15) is 10.1 Å². The highest BCUT2D eigenvalue weighted by Crippen LogP contribution is 2.22. The number of benzene rings is 1. The summed E-state index contributed by atoms with van der Waals surface area (Å²) in [7, 11) is 0. The molecule has 0 spiro atoms. The lowest BCUT2D eigenvalue weighted by atomic mass is 10.2. The molecule has 100 valence electrons. The number of hydrogen-bond acceptors (Lipinski definition) is 5. The van der Waals surface area contributed by atoms with Crippen LogP contribution in [-0.2, 0) is 16.1 Å². The average molecular weight is 254 g/mol. The second-order valence-corrected chi connectivity index (χ2v) is 4.12. The Morgan fingerprint density at radius 3 is 2.72 bits per heavy atom. The lowest BCUT2D eigenvalue weighted by molar-refractivity contribution is -0.384. The summed E-state index contributed by atoms with van der Waals surface area (Å²) in [5.74, 6) is 0. The van der Waals surface area contributed by atoms with Crippen LogP contribution in [0, 0.1) is 10.1 Å². The van der Waals surface area contributed by atoms with Crippen LogP contribution in [0.25, 0.3) is 0 Å². The van der Waals surface area contributed by atoms with E-state index in [0.29, 0.717) is 19.8 Å². The summed E-state index contributed by atoms with van der Waals surface area (Å²) < 4.78 is 10.7. The van der Waals surface area contributed by atoms with E-state index in [-0.39, 0.29) is 17.5 Å². The van der Waals surface area contributed by atoms with Gasteiger partial charge in [0.25, 0.3) is 5.69 Å². The van der Waals surface area contributed by atoms with Crippen LogP contribution in [0.3, 0.4) is 0 Å². The van der Waals surface area contributed by atoms with Gasteiger partial charge >= 0.3 is 0 Å². The fraction of sp³-hybridized carbons (Fsp3) is 0.500. The predicted molar refractivity (Wildman–Crippen MR) is 68.3 cm³/mol. The Morgan fingerprint density at radius 1 is 1.39 bits per heavy atom. The number of nitrogens with zero attached hydrogens (tertiary/aromatic N) is 1. The predicted octanol–water partition coefficient (Wildman–Crippen LogP) is 2.12. The van der Waals surface area contributed by atoms with E-state index in [2.05, 4.69) is 0 Å². The summed E-state index contributed by atoms with van der Waals surface area (Å²) in [6.45, 7) is 5.17. The fourth-order valence-electron chi connectivity index (χ4n) is 1.37. The molecule has 0 saturated heterocycles. The largest absolute Gasteiger partial charge is 0.393 e. The first kappa shape index (κ1) is 14.4. The Morgan fingerprint density at radius 2 is 2.11 bits per heavy atom. The molecule has 0 amide bonds. The number of ether oxygens (including phenoxy) is 2. The molecule has 18 heavy (non-hydrogen) atoms. The molecular formula is C12H18N2O4. The van der Waals surface area contributed by atoms with Gasteiger partial charge < -0.3 is 15.2 Å². The van der Waals surface area contributed by atoms with Gasteiger partial charge in [0, 0.05) is 6.07 Å². The maximum absolute atomic E-state index is 10.7. The first-order chi connectivity index (χ1) is 8.50. The summed E-state index contributed by atoms with van der Waals surface area (Å²) in [6.07, 6.45) is 0.172. The van der Waals surface area contributed by atoms with Crippen LogP contribution in [0.15, 0.2) is 18.2 Å². The molecule has 6 nitrogen and oxygen atoms in total. The van der Waals surface area contributed by atoms with E-state index in [1.807, 2.05) is 13.8 Å². The van der Waals surface area contributed by atoms with E-state index in [4.69, 9.17) is 15.2 Å². The van der Waals surface area contributed by atoms with Crippen molar-refractivity contribution in [1.29, 1.82) is 0 Å². The summed E-state index contributed by atoms with van der Waals surface area (Å²) in [4.78, 5) is 10.2. The van der Waals surface area contributed by atoms with Crippen LogP contribution >= 0.6 is 0 Å². The normalized spacial score (nSPS) is 10.8. The molecule has 6 heteroatoms. The van der Waals surface area contributed by atoms with Crippen molar-refractivity contribution < 1.29 is 14.4 Å². The Balaban J connectivity index is 2.43. The van der Waals surface area contributed by atoms with Crippen LogP contribution in [-0.4, -0.2) is 24.2 Å². The fourth-order valence-corrected chi connectivity index (χ4v) is 1.37. The second kappa shape index (κ2) is 6.93. The molecule has 0 aliphatic carbocycles. The number of rotatable bonds is 7. The van der Waals surface area contributed by atoms with Crippen molar-refractivity contribution >= 4 is 11.4 Å². The molecule has 0 aliphatic heterocycles. The molecule has 0 bridgehead atoms. The van der Waals surface area contributed by atoms with E-state index >= 15 is 0 Å². The van der Waals surface area contributed by atoms with Gasteiger partial charge in [-0.25, -0.2) is 0 Å². The zero-order valence-electron chi connectivity index (χ0n) is 10.6. The molecular weight excluding hydrogens is 236 g/mol. The molecule has 2 N–H and O–H groups in total. The van der Waals surface area contributed by atoms with Crippen molar-refractivity contribution in [2.75, 3.05) is 18.9 Å². The topological polar surface area (TPSA) is 87.6 Å². The molecule has 0 heterocycles. The Labute approximate surface area is 106 Å². The van der Waals surface area contributed by atoms with Gasteiger partial charge in [0.15, 0.2) is 0 Å². The van der Waals surface area contributed by atoms with E-state index in [0.717, 1.165) is 5.56 Å². The highest BCUT2D eigenvalue weighted by molar-refractivity contribution is 5.59. The first-order valence-electron chi connectivity index (χ1n) is 5.73. The van der Waals surface area contributed by atoms with Gasteiger partial charge in [0.05, 0.1) is 30.8 Å². The van der Waals surface area contributed by atoms with Crippen LogP contribution in [0.1, 0.15) is 19.4 Å². The number of nitrogens with two attached hydrogens (primary N) is 1. The Hall–Kier alpha value is -1.66. The van der Waals surface area contributed by atoms with Gasteiger partial charge in [0.1, 0.15) is 5.69 Å². The van der Waals surface area contributed by atoms with Crippen molar-refractivity contribution in [1.82, 2.24) is 0 Å². The summed E-state index contributed by atoms with van der Waals surface area (Å²) in [6, 6.07) is 4.66. The second-order valence-electron chi connectivity index (χ2n) is 4.12. The minimum absolute atomic E-state index is 0.0884. The number of anilines is 1. The number of nitro benzene ring substituents is 1. The van der Waals surface area contributed by atoms with Crippen LogP contribution in [0.4, 0.5) is 11.4 Å². The molecule has 0 aromatic heterocycles. The maximum atomic E-state index is 10.7. The van der Waals surface area contributed by atoms with Gasteiger partial charge in [-0.15, -0.1) is 0 Å². The van der Waals surface area contributed by atoms with Crippen LogP contribution in [0.5, 0.6) is 0 Å². The van der Waals surface area contributed by atoms with Crippen molar-refractivity contribution in [3.8, 4) is 0 Å². The molecule has 0 fully saturated rings. The molecule has 1 aromatic rings. The van der Waals surface area contributed by atoms with Gasteiger partial charge in [0.2, 0.25) is 0 Å². The highest BCUT2D eigenvalue weighted by atomic mass is 16.6. The number of nitro groups is 1. The summed E-state index contributed by atoms with van der Waals surface area (Å²) in [5, 5.41) is 10.7. The Kier molecular flexibility index (Phi) is 5.54. The first-order valence-corrected chi connectivity index (χ1v) is 5.73. The van der Waals surface area contributed by atoms with Crippen LogP contribution in [0.2, 0.25) is 0 Å². The van der Waals surface area contributed by atoms with Gasteiger partial charge in [-0.2, -0.15) is 0 Å². The van der Waals surface area contributed by atoms with Crippen molar-refractivity contribution in [3.05, 3.63) is 33.9 Å². The van der Waals surface area contributed by atoms with Gasteiger partial charge in [-0.1, -0.05) is 6.07 Å². The zero-order valence-corrected chi connectivity index (χ0v) is 10.6. The van der Waals surface area contributed by atoms with E-state index < -0.39 is 4.92 Å². The minimum atomic E-state index is -0.499. The minimum Gasteiger partial charge on any atom is -0.393 e. The monoisotopic (exact) mass is 254 g/mol.